The molecule has 1 aromatic rings. The van der Waals surface area contributed by atoms with Gasteiger partial charge in [-0.05, 0) is 25.6 Å². The number of carbonyl (C=O) groups is 1. The Morgan fingerprint density at radius 3 is 2.71 bits per heavy atom. The Labute approximate surface area is 135 Å². The monoisotopic (exact) mass is 333 g/mol. The number of amides is 1. The van der Waals surface area contributed by atoms with E-state index in [0.717, 1.165) is 13.0 Å². The van der Waals surface area contributed by atoms with Crippen molar-refractivity contribution in [2.75, 3.05) is 44.9 Å². The first-order valence-electron chi connectivity index (χ1n) is 6.66. The average Bonchev–Trinajstić information content (AvgIpc) is 2.41. The van der Waals surface area contributed by atoms with Gasteiger partial charge in [0.15, 0.2) is 0 Å². The molecule has 3 N–H and O–H groups in total. The van der Waals surface area contributed by atoms with Crippen LogP contribution in [-0.2, 0) is 9.53 Å². The maximum atomic E-state index is 11.9. The topological polar surface area (TPSA) is 67.6 Å². The number of hydrogen-bond acceptors (Lipinski definition) is 4. The Kier molecular flexibility index (Phi) is 7.82. The molecular weight excluding hydrogens is 313 g/mol. The minimum Gasteiger partial charge on any atom is -0.397 e. The van der Waals surface area contributed by atoms with Crippen molar-refractivity contribution in [3.63, 3.8) is 0 Å². The van der Waals surface area contributed by atoms with Crippen molar-refractivity contribution in [2.45, 2.75) is 12.8 Å². The average molecular weight is 334 g/mol. The Morgan fingerprint density at radius 2 is 2.10 bits per heavy atom. The molecule has 0 spiro atoms. The van der Waals surface area contributed by atoms with Gasteiger partial charge in [0, 0.05) is 38.2 Å². The molecule has 0 aliphatic heterocycles. The van der Waals surface area contributed by atoms with Crippen molar-refractivity contribution in [1.29, 1.82) is 0 Å². The van der Waals surface area contributed by atoms with E-state index in [1.807, 2.05) is 7.05 Å². The van der Waals surface area contributed by atoms with Gasteiger partial charge in [-0.1, -0.05) is 23.2 Å². The fourth-order valence-electron chi connectivity index (χ4n) is 1.81. The summed E-state index contributed by atoms with van der Waals surface area (Å²) >= 11 is 11.9. The number of methoxy groups -OCH3 is 1. The number of benzene rings is 1. The van der Waals surface area contributed by atoms with Gasteiger partial charge in [0.1, 0.15) is 0 Å². The van der Waals surface area contributed by atoms with Gasteiger partial charge in [-0.3, -0.25) is 4.79 Å². The zero-order valence-corrected chi connectivity index (χ0v) is 13.8. The molecule has 7 heteroatoms. The lowest BCUT2D eigenvalue weighted by Crippen LogP contribution is -2.26. The Bertz CT molecular complexity index is 460. The van der Waals surface area contributed by atoms with Crippen LogP contribution in [-0.4, -0.2) is 44.7 Å². The summed E-state index contributed by atoms with van der Waals surface area (Å²) in [6.07, 6.45) is 1.30. The van der Waals surface area contributed by atoms with E-state index >= 15 is 0 Å². The second-order valence-electron chi connectivity index (χ2n) is 4.80. The quantitative estimate of drug-likeness (QED) is 0.567. The smallest absolute Gasteiger partial charge is 0.225 e. The molecule has 0 aromatic heterocycles. The zero-order valence-electron chi connectivity index (χ0n) is 12.3. The molecule has 0 aliphatic rings. The summed E-state index contributed by atoms with van der Waals surface area (Å²) in [4.78, 5) is 14.0. The first-order chi connectivity index (χ1) is 9.93. The summed E-state index contributed by atoms with van der Waals surface area (Å²) in [5, 5.41) is 3.50. The molecule has 5 nitrogen and oxygen atoms in total. The minimum atomic E-state index is -0.135. The van der Waals surface area contributed by atoms with Crippen LogP contribution in [0.5, 0.6) is 0 Å². The SMILES string of the molecule is COCCCN(C)CCC(=O)Nc1c(N)cc(Cl)cc1Cl. The number of anilines is 2. The molecular formula is C14H21Cl2N3O2. The Morgan fingerprint density at radius 1 is 1.38 bits per heavy atom. The van der Waals surface area contributed by atoms with E-state index < -0.39 is 0 Å². The van der Waals surface area contributed by atoms with Crippen LogP contribution in [0.2, 0.25) is 10.0 Å². The van der Waals surface area contributed by atoms with Crippen molar-refractivity contribution in [3.05, 3.63) is 22.2 Å². The highest BCUT2D eigenvalue weighted by atomic mass is 35.5. The normalized spacial score (nSPS) is 10.9. The van der Waals surface area contributed by atoms with Gasteiger partial charge < -0.3 is 20.7 Å². The number of ether oxygens (including phenoxy) is 1. The Hall–Kier alpha value is -1.01. The molecule has 0 saturated carbocycles. The Balaban J connectivity index is 2.44. The van der Waals surface area contributed by atoms with Crippen LogP contribution in [0.25, 0.3) is 0 Å². The van der Waals surface area contributed by atoms with E-state index in [9.17, 15) is 4.79 Å². The second-order valence-corrected chi connectivity index (χ2v) is 5.64. The fourth-order valence-corrected chi connectivity index (χ4v) is 2.37. The predicted octanol–water partition coefficient (Wildman–Crippen LogP) is 2.87. The lowest BCUT2D eigenvalue weighted by molar-refractivity contribution is -0.116. The number of halogens is 2. The van der Waals surface area contributed by atoms with E-state index in [2.05, 4.69) is 10.2 Å². The number of nitrogens with one attached hydrogen (secondary N) is 1. The molecule has 0 atom stereocenters. The van der Waals surface area contributed by atoms with Gasteiger partial charge >= 0.3 is 0 Å². The fraction of sp³-hybridized carbons (Fsp3) is 0.500. The van der Waals surface area contributed by atoms with Crippen molar-refractivity contribution < 1.29 is 9.53 Å². The van der Waals surface area contributed by atoms with Crippen LogP contribution >= 0.6 is 23.2 Å². The minimum absolute atomic E-state index is 0.135. The van der Waals surface area contributed by atoms with E-state index in [-0.39, 0.29) is 5.91 Å². The summed E-state index contributed by atoms with van der Waals surface area (Å²) in [5.74, 6) is -0.135. The molecule has 0 saturated heterocycles. The van der Waals surface area contributed by atoms with Crippen LogP contribution in [0.3, 0.4) is 0 Å². The zero-order chi connectivity index (χ0) is 15.8. The first kappa shape index (κ1) is 18.0. The molecule has 0 bridgehead atoms. The molecule has 0 aliphatic carbocycles. The van der Waals surface area contributed by atoms with Crippen LogP contribution in [0.1, 0.15) is 12.8 Å². The molecule has 1 amide bonds. The lowest BCUT2D eigenvalue weighted by atomic mass is 10.2. The van der Waals surface area contributed by atoms with Gasteiger partial charge in [-0.25, -0.2) is 0 Å². The highest BCUT2D eigenvalue weighted by molar-refractivity contribution is 6.37. The van der Waals surface area contributed by atoms with Crippen LogP contribution < -0.4 is 11.1 Å². The second kappa shape index (κ2) is 9.10. The van der Waals surface area contributed by atoms with Crippen LogP contribution in [0.15, 0.2) is 12.1 Å². The summed E-state index contributed by atoms with van der Waals surface area (Å²) in [7, 11) is 3.64. The molecule has 1 aromatic carbocycles. The molecule has 1 rings (SSSR count). The standard InChI is InChI=1S/C14H21Cl2N3O2/c1-19(5-3-7-21-2)6-4-13(20)18-14-11(16)8-10(15)9-12(14)17/h8-9H,3-7,17H2,1-2H3,(H,18,20). The number of nitrogens with two attached hydrogens (primary N) is 1. The van der Waals surface area contributed by atoms with Crippen LogP contribution in [0.4, 0.5) is 11.4 Å². The highest BCUT2D eigenvalue weighted by Crippen LogP contribution is 2.32. The molecule has 0 unspecified atom stereocenters. The van der Waals surface area contributed by atoms with Gasteiger partial charge in [-0.2, -0.15) is 0 Å². The molecule has 0 fully saturated rings. The number of carbonyl (C=O) groups excluding carboxylic acids is 1. The molecule has 21 heavy (non-hydrogen) atoms. The third-order valence-corrected chi connectivity index (χ3v) is 3.48. The number of nitrogens with zero attached hydrogens (tertiary/aromatic N) is 1. The summed E-state index contributed by atoms with van der Waals surface area (Å²) in [5.41, 5.74) is 6.57. The largest absolute Gasteiger partial charge is 0.397 e. The van der Waals surface area contributed by atoms with Gasteiger partial charge in [-0.15, -0.1) is 0 Å². The summed E-state index contributed by atoms with van der Waals surface area (Å²) in [6.45, 7) is 2.25. The predicted molar refractivity (Wildman–Crippen MR) is 88.1 cm³/mol. The molecule has 0 heterocycles. The van der Waals surface area contributed by atoms with E-state index in [4.69, 9.17) is 33.7 Å². The number of nitrogen functional groups attached to an aromatic ring is 1. The lowest BCUT2D eigenvalue weighted by Gasteiger charge is -2.16. The van der Waals surface area contributed by atoms with Crippen molar-refractivity contribution in [1.82, 2.24) is 4.90 Å². The molecule has 0 radical (unpaired) electrons. The van der Waals surface area contributed by atoms with Gasteiger partial charge in [0.05, 0.1) is 16.4 Å². The number of hydrogen-bond donors (Lipinski definition) is 2. The maximum Gasteiger partial charge on any atom is 0.225 e. The van der Waals surface area contributed by atoms with E-state index in [0.29, 0.717) is 41.0 Å². The third kappa shape index (κ3) is 6.52. The van der Waals surface area contributed by atoms with E-state index in [1.165, 1.54) is 0 Å². The van der Waals surface area contributed by atoms with Gasteiger partial charge in [0.2, 0.25) is 5.91 Å². The van der Waals surface area contributed by atoms with Crippen molar-refractivity contribution in [3.8, 4) is 0 Å². The summed E-state index contributed by atoms with van der Waals surface area (Å²) in [6, 6.07) is 3.10. The van der Waals surface area contributed by atoms with Crippen LogP contribution in [0, 0.1) is 0 Å². The molecule has 118 valence electrons. The van der Waals surface area contributed by atoms with Crippen molar-refractivity contribution in [2.24, 2.45) is 0 Å². The highest BCUT2D eigenvalue weighted by Gasteiger charge is 2.11. The van der Waals surface area contributed by atoms with E-state index in [1.54, 1.807) is 19.2 Å². The first-order valence-corrected chi connectivity index (χ1v) is 7.41. The third-order valence-electron chi connectivity index (χ3n) is 2.96. The summed E-state index contributed by atoms with van der Waals surface area (Å²) < 4.78 is 4.99. The van der Waals surface area contributed by atoms with Gasteiger partial charge in [0.25, 0.3) is 0 Å². The number of rotatable bonds is 8. The van der Waals surface area contributed by atoms with Crippen molar-refractivity contribution >= 4 is 40.5 Å². The maximum absolute atomic E-state index is 11.9.